The first kappa shape index (κ1) is 20.1. The van der Waals surface area contributed by atoms with Gasteiger partial charge >= 0.3 is 0 Å². The topological polar surface area (TPSA) is 78.7 Å². The van der Waals surface area contributed by atoms with E-state index in [1.54, 1.807) is 12.1 Å². The van der Waals surface area contributed by atoms with Gasteiger partial charge in [-0.3, -0.25) is 10.2 Å². The Kier molecular flexibility index (Phi) is 6.59. The molecular formula is C20H14ClF2N5O. The summed E-state index contributed by atoms with van der Waals surface area (Å²) in [6.45, 7) is 0. The molecule has 0 saturated carbocycles. The van der Waals surface area contributed by atoms with Gasteiger partial charge in [0, 0.05) is 5.56 Å². The minimum atomic E-state index is -0.516. The Morgan fingerprint density at radius 1 is 0.897 bits per heavy atom. The van der Waals surface area contributed by atoms with Crippen molar-refractivity contribution >= 4 is 35.8 Å². The van der Waals surface area contributed by atoms with Crippen molar-refractivity contribution in [3.8, 4) is 0 Å². The van der Waals surface area contributed by atoms with Crippen LogP contribution in [0.4, 0.5) is 14.6 Å². The number of anilines is 1. The Labute approximate surface area is 169 Å². The number of aromatic nitrogens is 1. The maximum atomic E-state index is 12.9. The van der Waals surface area contributed by atoms with Gasteiger partial charge in [0.05, 0.1) is 12.4 Å². The molecule has 0 aliphatic carbocycles. The van der Waals surface area contributed by atoms with Crippen LogP contribution in [0.25, 0.3) is 0 Å². The molecule has 1 amide bonds. The summed E-state index contributed by atoms with van der Waals surface area (Å²) in [6.07, 6.45) is 2.85. The molecule has 0 radical (unpaired) electrons. The van der Waals surface area contributed by atoms with Crippen LogP contribution in [0.2, 0.25) is 5.15 Å². The van der Waals surface area contributed by atoms with Gasteiger partial charge in [-0.15, -0.1) is 0 Å². The normalized spacial score (nSPS) is 11.1. The second-order valence-corrected chi connectivity index (χ2v) is 6.12. The third-order valence-electron chi connectivity index (χ3n) is 3.57. The largest absolute Gasteiger partial charge is 0.271 e. The van der Waals surface area contributed by atoms with Crippen LogP contribution in [0, 0.1) is 11.6 Å². The number of amides is 1. The highest BCUT2D eigenvalue weighted by Gasteiger charge is 2.08. The van der Waals surface area contributed by atoms with Gasteiger partial charge in [0.15, 0.2) is 0 Å². The van der Waals surface area contributed by atoms with E-state index in [-0.39, 0.29) is 28.2 Å². The van der Waals surface area contributed by atoms with Crippen LogP contribution in [0.3, 0.4) is 0 Å². The second kappa shape index (κ2) is 9.52. The van der Waals surface area contributed by atoms with Crippen molar-refractivity contribution in [1.29, 1.82) is 0 Å². The first-order chi connectivity index (χ1) is 14.0. The smallest absolute Gasteiger partial charge is 0.267 e. The van der Waals surface area contributed by atoms with E-state index in [0.29, 0.717) is 11.1 Å². The molecule has 0 spiro atoms. The van der Waals surface area contributed by atoms with Crippen molar-refractivity contribution in [1.82, 2.24) is 10.4 Å². The number of benzene rings is 2. The molecule has 9 heteroatoms. The SMILES string of the molecule is O=C(N/N=C/c1ccc(F)cc1)c1cc(Cl)nc(N/N=C/c2ccc(F)cc2)c1. The van der Waals surface area contributed by atoms with Crippen molar-refractivity contribution in [3.63, 3.8) is 0 Å². The molecule has 0 saturated heterocycles. The van der Waals surface area contributed by atoms with Gasteiger partial charge in [-0.25, -0.2) is 19.2 Å². The zero-order valence-corrected chi connectivity index (χ0v) is 15.6. The highest BCUT2D eigenvalue weighted by atomic mass is 35.5. The maximum Gasteiger partial charge on any atom is 0.271 e. The molecule has 0 fully saturated rings. The Morgan fingerprint density at radius 2 is 1.45 bits per heavy atom. The van der Waals surface area contributed by atoms with Gasteiger partial charge in [-0.1, -0.05) is 35.9 Å². The first-order valence-electron chi connectivity index (χ1n) is 8.31. The number of carbonyl (C=O) groups excluding carboxylic acids is 1. The molecule has 3 aromatic rings. The Bertz CT molecular complexity index is 1050. The van der Waals surface area contributed by atoms with Gasteiger partial charge in [0.25, 0.3) is 5.91 Å². The standard InChI is InChI=1S/C20H14ClF2N5O/c21-18-9-15(20(29)28-25-12-14-3-7-17(23)8-4-14)10-19(26-18)27-24-11-13-1-5-16(22)6-2-13/h1-12H,(H,26,27)(H,28,29)/b24-11+,25-12+. The van der Waals surface area contributed by atoms with E-state index in [9.17, 15) is 13.6 Å². The lowest BCUT2D eigenvalue weighted by molar-refractivity contribution is 0.0955. The minimum Gasteiger partial charge on any atom is -0.267 e. The van der Waals surface area contributed by atoms with Crippen molar-refractivity contribution in [2.45, 2.75) is 0 Å². The molecule has 0 aliphatic heterocycles. The Morgan fingerprint density at radius 3 is 2.03 bits per heavy atom. The highest BCUT2D eigenvalue weighted by Crippen LogP contribution is 2.15. The summed E-state index contributed by atoms with van der Waals surface area (Å²) in [4.78, 5) is 16.3. The third kappa shape index (κ3) is 6.18. The van der Waals surface area contributed by atoms with E-state index in [2.05, 4.69) is 26.0 Å². The van der Waals surface area contributed by atoms with Gasteiger partial charge < -0.3 is 0 Å². The summed E-state index contributed by atoms with van der Waals surface area (Å²) in [5, 5.41) is 7.89. The molecule has 0 bridgehead atoms. The number of carbonyl (C=O) groups is 1. The predicted molar refractivity (Wildman–Crippen MR) is 108 cm³/mol. The van der Waals surface area contributed by atoms with E-state index < -0.39 is 5.91 Å². The Hall–Kier alpha value is -3.65. The van der Waals surface area contributed by atoms with E-state index in [4.69, 9.17) is 11.6 Å². The molecule has 6 nitrogen and oxygen atoms in total. The van der Waals surface area contributed by atoms with E-state index in [0.717, 1.165) is 0 Å². The zero-order valence-electron chi connectivity index (χ0n) is 14.8. The molecular weight excluding hydrogens is 400 g/mol. The van der Waals surface area contributed by atoms with Crippen molar-refractivity contribution in [3.05, 3.63) is 94.1 Å². The van der Waals surface area contributed by atoms with Crippen LogP contribution in [0.1, 0.15) is 21.5 Å². The summed E-state index contributed by atoms with van der Waals surface area (Å²) < 4.78 is 25.8. The summed E-state index contributed by atoms with van der Waals surface area (Å²) in [5.74, 6) is -0.981. The number of hydrazone groups is 2. The van der Waals surface area contributed by atoms with Crippen LogP contribution in [0.15, 0.2) is 70.9 Å². The molecule has 2 aromatic carbocycles. The second-order valence-electron chi connectivity index (χ2n) is 5.74. The predicted octanol–water partition coefficient (Wildman–Crippen LogP) is 4.22. The fraction of sp³-hybridized carbons (Fsp3) is 0. The summed E-state index contributed by atoms with van der Waals surface area (Å²) in [6, 6.07) is 14.2. The van der Waals surface area contributed by atoms with Crippen LogP contribution >= 0.6 is 11.6 Å². The molecule has 0 aliphatic rings. The monoisotopic (exact) mass is 413 g/mol. The highest BCUT2D eigenvalue weighted by molar-refractivity contribution is 6.29. The van der Waals surface area contributed by atoms with E-state index in [1.165, 1.54) is 61.0 Å². The lowest BCUT2D eigenvalue weighted by Crippen LogP contribution is -2.18. The van der Waals surface area contributed by atoms with Crippen LogP contribution in [-0.2, 0) is 0 Å². The molecule has 0 atom stereocenters. The van der Waals surface area contributed by atoms with E-state index >= 15 is 0 Å². The molecule has 3 rings (SSSR count). The average molecular weight is 414 g/mol. The van der Waals surface area contributed by atoms with E-state index in [1.807, 2.05) is 0 Å². The zero-order chi connectivity index (χ0) is 20.6. The first-order valence-corrected chi connectivity index (χ1v) is 8.68. The molecule has 0 unspecified atom stereocenters. The minimum absolute atomic E-state index is 0.0830. The number of halogens is 3. The quantitative estimate of drug-likeness (QED) is 0.361. The maximum absolute atomic E-state index is 12.9. The number of hydrogen-bond acceptors (Lipinski definition) is 5. The van der Waals surface area contributed by atoms with Crippen LogP contribution in [-0.4, -0.2) is 23.3 Å². The molecule has 2 N–H and O–H groups in total. The lowest BCUT2D eigenvalue weighted by atomic mass is 10.2. The summed E-state index contributed by atoms with van der Waals surface area (Å²) >= 11 is 5.95. The molecule has 1 aromatic heterocycles. The number of nitrogens with one attached hydrogen (secondary N) is 2. The number of nitrogens with zero attached hydrogens (tertiary/aromatic N) is 3. The van der Waals surface area contributed by atoms with Gasteiger partial charge in [-0.05, 0) is 47.5 Å². The summed E-state index contributed by atoms with van der Waals surface area (Å²) in [7, 11) is 0. The number of hydrogen-bond donors (Lipinski definition) is 2. The summed E-state index contributed by atoms with van der Waals surface area (Å²) in [5.41, 5.74) is 6.52. The van der Waals surface area contributed by atoms with Gasteiger partial charge in [-0.2, -0.15) is 10.2 Å². The Balaban J connectivity index is 1.63. The van der Waals surface area contributed by atoms with Gasteiger partial charge in [0.1, 0.15) is 22.6 Å². The lowest BCUT2D eigenvalue weighted by Gasteiger charge is -2.04. The molecule has 1 heterocycles. The fourth-order valence-electron chi connectivity index (χ4n) is 2.19. The average Bonchev–Trinajstić information content (AvgIpc) is 2.70. The van der Waals surface area contributed by atoms with Crippen LogP contribution < -0.4 is 10.9 Å². The fourth-order valence-corrected chi connectivity index (χ4v) is 2.39. The number of pyridine rings is 1. The number of rotatable bonds is 6. The molecule has 146 valence electrons. The third-order valence-corrected chi connectivity index (χ3v) is 3.76. The van der Waals surface area contributed by atoms with Gasteiger partial charge in [0.2, 0.25) is 0 Å². The molecule has 29 heavy (non-hydrogen) atoms. The van der Waals surface area contributed by atoms with Crippen LogP contribution in [0.5, 0.6) is 0 Å². The van der Waals surface area contributed by atoms with Crippen molar-refractivity contribution < 1.29 is 13.6 Å². The van der Waals surface area contributed by atoms with Crippen molar-refractivity contribution in [2.24, 2.45) is 10.2 Å². The van der Waals surface area contributed by atoms with Crippen molar-refractivity contribution in [2.75, 3.05) is 5.43 Å².